The SMILES string of the molecule is CCCCC(CC)C(NCCC)c1ccc(Cl)s1. The van der Waals surface area contributed by atoms with Crippen molar-refractivity contribution in [2.45, 2.75) is 58.9 Å². The molecule has 0 saturated heterocycles. The molecule has 0 aliphatic carbocycles. The number of halogens is 1. The predicted molar refractivity (Wildman–Crippen MR) is 83.7 cm³/mol. The lowest BCUT2D eigenvalue weighted by molar-refractivity contribution is 0.327. The van der Waals surface area contributed by atoms with Gasteiger partial charge in [0.25, 0.3) is 0 Å². The van der Waals surface area contributed by atoms with Crippen LogP contribution < -0.4 is 5.32 Å². The van der Waals surface area contributed by atoms with Gasteiger partial charge in [-0.15, -0.1) is 11.3 Å². The minimum atomic E-state index is 0.485. The third kappa shape index (κ3) is 4.91. The summed E-state index contributed by atoms with van der Waals surface area (Å²) >= 11 is 7.81. The van der Waals surface area contributed by atoms with Gasteiger partial charge in [-0.05, 0) is 37.4 Å². The normalized spacial score (nSPS) is 14.7. The molecule has 0 amide bonds. The Morgan fingerprint density at radius 3 is 2.50 bits per heavy atom. The van der Waals surface area contributed by atoms with E-state index in [9.17, 15) is 0 Å². The second-order valence-corrected chi connectivity index (χ2v) is 6.63. The molecule has 0 radical (unpaired) electrons. The summed E-state index contributed by atoms with van der Waals surface area (Å²) in [6.45, 7) is 7.88. The van der Waals surface area contributed by atoms with Crippen molar-refractivity contribution < 1.29 is 0 Å². The van der Waals surface area contributed by atoms with Crippen LogP contribution in [0.25, 0.3) is 0 Å². The summed E-state index contributed by atoms with van der Waals surface area (Å²) < 4.78 is 0.902. The molecule has 0 aliphatic heterocycles. The van der Waals surface area contributed by atoms with Crippen molar-refractivity contribution in [3.8, 4) is 0 Å². The highest BCUT2D eigenvalue weighted by atomic mass is 35.5. The molecule has 1 aromatic rings. The molecule has 1 heterocycles. The van der Waals surface area contributed by atoms with Gasteiger partial charge in [0.1, 0.15) is 0 Å². The predicted octanol–water partition coefficient (Wildman–Crippen LogP) is 5.66. The van der Waals surface area contributed by atoms with Crippen LogP contribution in [0.2, 0.25) is 4.34 Å². The van der Waals surface area contributed by atoms with Gasteiger partial charge in [-0.2, -0.15) is 0 Å². The molecule has 0 saturated carbocycles. The van der Waals surface area contributed by atoms with Gasteiger partial charge in [0.05, 0.1) is 4.34 Å². The van der Waals surface area contributed by atoms with Crippen LogP contribution in [0.4, 0.5) is 0 Å². The molecule has 0 aliphatic rings. The standard InChI is InChI=1S/C15H26ClNS/c1-4-7-8-12(6-3)15(17-11-5-2)13-9-10-14(16)18-13/h9-10,12,15,17H,4-8,11H2,1-3H3. The first-order chi connectivity index (χ1) is 8.72. The molecule has 0 fully saturated rings. The van der Waals surface area contributed by atoms with Gasteiger partial charge in [0.2, 0.25) is 0 Å². The molecule has 1 nitrogen and oxygen atoms in total. The van der Waals surface area contributed by atoms with Crippen molar-refractivity contribution in [3.63, 3.8) is 0 Å². The molecule has 104 valence electrons. The molecule has 2 atom stereocenters. The van der Waals surface area contributed by atoms with E-state index in [1.54, 1.807) is 11.3 Å². The number of hydrogen-bond acceptors (Lipinski definition) is 2. The minimum Gasteiger partial charge on any atom is -0.309 e. The van der Waals surface area contributed by atoms with Crippen molar-refractivity contribution in [1.29, 1.82) is 0 Å². The Labute approximate surface area is 121 Å². The fraction of sp³-hybridized carbons (Fsp3) is 0.733. The van der Waals surface area contributed by atoms with E-state index < -0.39 is 0 Å². The summed E-state index contributed by atoms with van der Waals surface area (Å²) in [6.07, 6.45) is 6.32. The number of unbranched alkanes of at least 4 members (excludes halogenated alkanes) is 1. The first kappa shape index (κ1) is 16.0. The van der Waals surface area contributed by atoms with Crippen LogP contribution >= 0.6 is 22.9 Å². The number of nitrogens with one attached hydrogen (secondary N) is 1. The average Bonchev–Trinajstić information content (AvgIpc) is 2.80. The average molecular weight is 288 g/mol. The first-order valence-corrected chi connectivity index (χ1v) is 8.40. The largest absolute Gasteiger partial charge is 0.309 e. The van der Waals surface area contributed by atoms with Crippen LogP contribution in [-0.2, 0) is 0 Å². The van der Waals surface area contributed by atoms with Crippen molar-refractivity contribution in [1.82, 2.24) is 5.32 Å². The molecule has 0 bridgehead atoms. The zero-order valence-electron chi connectivity index (χ0n) is 11.8. The molecule has 1 rings (SSSR count). The van der Waals surface area contributed by atoms with Gasteiger partial charge in [-0.25, -0.2) is 0 Å². The first-order valence-electron chi connectivity index (χ1n) is 7.21. The van der Waals surface area contributed by atoms with Gasteiger partial charge < -0.3 is 5.32 Å². The fourth-order valence-electron chi connectivity index (χ4n) is 2.37. The lowest BCUT2D eigenvalue weighted by Crippen LogP contribution is -2.28. The van der Waals surface area contributed by atoms with Gasteiger partial charge >= 0.3 is 0 Å². The van der Waals surface area contributed by atoms with E-state index in [0.717, 1.165) is 16.8 Å². The van der Waals surface area contributed by atoms with E-state index in [-0.39, 0.29) is 0 Å². The van der Waals surface area contributed by atoms with Crippen LogP contribution in [0.3, 0.4) is 0 Å². The Kier molecular flexibility index (Phi) is 7.96. The maximum Gasteiger partial charge on any atom is 0.0931 e. The van der Waals surface area contributed by atoms with E-state index in [2.05, 4.69) is 32.2 Å². The second kappa shape index (κ2) is 8.95. The quantitative estimate of drug-likeness (QED) is 0.618. The topological polar surface area (TPSA) is 12.0 Å². The monoisotopic (exact) mass is 287 g/mol. The summed E-state index contributed by atoms with van der Waals surface area (Å²) in [5.74, 6) is 0.728. The van der Waals surface area contributed by atoms with Crippen molar-refractivity contribution in [2.24, 2.45) is 5.92 Å². The van der Waals surface area contributed by atoms with Gasteiger partial charge in [0.15, 0.2) is 0 Å². The molecule has 3 heteroatoms. The van der Waals surface area contributed by atoms with Crippen molar-refractivity contribution >= 4 is 22.9 Å². The van der Waals surface area contributed by atoms with Crippen molar-refractivity contribution in [2.75, 3.05) is 6.54 Å². The summed E-state index contributed by atoms with van der Waals surface area (Å²) in [4.78, 5) is 1.40. The summed E-state index contributed by atoms with van der Waals surface area (Å²) in [5, 5.41) is 3.71. The van der Waals surface area contributed by atoms with E-state index in [1.165, 1.54) is 37.0 Å². The van der Waals surface area contributed by atoms with Gasteiger partial charge in [-0.1, -0.05) is 51.6 Å². The third-order valence-corrected chi connectivity index (χ3v) is 4.75. The van der Waals surface area contributed by atoms with Crippen molar-refractivity contribution in [3.05, 3.63) is 21.3 Å². The van der Waals surface area contributed by atoms with Crippen LogP contribution in [0, 0.1) is 5.92 Å². The molecular formula is C15H26ClNS. The summed E-state index contributed by atoms with van der Waals surface area (Å²) in [6, 6.07) is 4.70. The maximum absolute atomic E-state index is 6.08. The van der Waals surface area contributed by atoms with E-state index in [1.807, 2.05) is 6.07 Å². The third-order valence-electron chi connectivity index (χ3n) is 3.44. The zero-order chi connectivity index (χ0) is 13.4. The maximum atomic E-state index is 6.08. The smallest absolute Gasteiger partial charge is 0.0931 e. The number of rotatable bonds is 9. The van der Waals surface area contributed by atoms with Crippen LogP contribution in [0.1, 0.15) is 63.8 Å². The van der Waals surface area contributed by atoms with E-state index in [4.69, 9.17) is 11.6 Å². The lowest BCUT2D eigenvalue weighted by atomic mass is 9.90. The summed E-state index contributed by atoms with van der Waals surface area (Å²) in [5.41, 5.74) is 0. The second-order valence-electron chi connectivity index (χ2n) is 4.88. The molecular weight excluding hydrogens is 262 g/mol. The van der Waals surface area contributed by atoms with E-state index >= 15 is 0 Å². The fourth-order valence-corrected chi connectivity index (χ4v) is 3.60. The highest BCUT2D eigenvalue weighted by Crippen LogP contribution is 2.34. The molecule has 18 heavy (non-hydrogen) atoms. The Hall–Kier alpha value is -0.0500. The van der Waals surface area contributed by atoms with Crippen LogP contribution in [-0.4, -0.2) is 6.54 Å². The Balaban J connectivity index is 2.74. The van der Waals surface area contributed by atoms with Gasteiger partial charge in [0, 0.05) is 10.9 Å². The highest BCUT2D eigenvalue weighted by Gasteiger charge is 2.22. The summed E-state index contributed by atoms with van der Waals surface area (Å²) in [7, 11) is 0. The Morgan fingerprint density at radius 1 is 1.22 bits per heavy atom. The molecule has 1 N–H and O–H groups in total. The molecule has 2 unspecified atom stereocenters. The Bertz CT molecular complexity index is 324. The number of thiophene rings is 1. The molecule has 1 aromatic heterocycles. The molecule has 0 aromatic carbocycles. The van der Waals surface area contributed by atoms with Crippen LogP contribution in [0.5, 0.6) is 0 Å². The zero-order valence-corrected chi connectivity index (χ0v) is 13.4. The van der Waals surface area contributed by atoms with E-state index in [0.29, 0.717) is 6.04 Å². The number of hydrogen-bond donors (Lipinski definition) is 1. The lowest BCUT2D eigenvalue weighted by Gasteiger charge is -2.26. The Morgan fingerprint density at radius 2 is 2.00 bits per heavy atom. The molecule has 0 spiro atoms. The van der Waals surface area contributed by atoms with Gasteiger partial charge in [-0.3, -0.25) is 0 Å². The van der Waals surface area contributed by atoms with Crippen LogP contribution in [0.15, 0.2) is 12.1 Å². The highest BCUT2D eigenvalue weighted by molar-refractivity contribution is 7.16. The minimum absolute atomic E-state index is 0.485.